The van der Waals surface area contributed by atoms with Gasteiger partial charge in [0.2, 0.25) is 0 Å². The molecule has 1 atom stereocenters. The number of ether oxygens (including phenoxy) is 2. The molecule has 0 aromatic heterocycles. The monoisotopic (exact) mass is 245 g/mol. The van der Waals surface area contributed by atoms with Crippen LogP contribution in [0.4, 0.5) is 0 Å². The van der Waals surface area contributed by atoms with E-state index in [0.717, 1.165) is 22.1 Å². The molecule has 0 aliphatic carbocycles. The second kappa shape index (κ2) is 5.85. The molecule has 2 N–H and O–H groups in total. The van der Waals surface area contributed by atoms with Gasteiger partial charge in [0, 0.05) is 23.6 Å². The Hall–Kier alpha value is -1.58. The van der Waals surface area contributed by atoms with Gasteiger partial charge in [-0.2, -0.15) is 0 Å². The minimum absolute atomic E-state index is 0.0637. The van der Waals surface area contributed by atoms with Gasteiger partial charge >= 0.3 is 0 Å². The maximum atomic E-state index is 5.99. The largest absolute Gasteiger partial charge is 0.467 e. The van der Waals surface area contributed by atoms with Crippen molar-refractivity contribution >= 4 is 10.8 Å². The molecule has 2 aromatic carbocycles. The smallest absolute Gasteiger partial charge is 0.189 e. The molecule has 0 radical (unpaired) electrons. The summed E-state index contributed by atoms with van der Waals surface area (Å²) in [5, 5.41) is 2.22. The molecule has 0 amide bonds. The van der Waals surface area contributed by atoms with Crippen molar-refractivity contribution in [2.75, 3.05) is 13.4 Å². The lowest BCUT2D eigenvalue weighted by Gasteiger charge is -2.16. The Labute approximate surface area is 108 Å². The van der Waals surface area contributed by atoms with Crippen molar-refractivity contribution in [3.05, 3.63) is 42.0 Å². The van der Waals surface area contributed by atoms with Crippen LogP contribution in [-0.2, 0) is 4.74 Å². The summed E-state index contributed by atoms with van der Waals surface area (Å²) >= 11 is 0. The van der Waals surface area contributed by atoms with E-state index in [1.165, 1.54) is 0 Å². The zero-order chi connectivity index (χ0) is 13.0. The number of rotatable bonds is 5. The molecule has 0 spiro atoms. The number of hydrogen-bond donors (Lipinski definition) is 1. The van der Waals surface area contributed by atoms with Gasteiger partial charge in [0.25, 0.3) is 0 Å². The van der Waals surface area contributed by atoms with E-state index >= 15 is 0 Å². The van der Waals surface area contributed by atoms with Gasteiger partial charge in [0.1, 0.15) is 5.75 Å². The van der Waals surface area contributed by atoms with Crippen molar-refractivity contribution in [2.24, 2.45) is 5.73 Å². The van der Waals surface area contributed by atoms with E-state index in [9.17, 15) is 0 Å². The highest BCUT2D eigenvalue weighted by Crippen LogP contribution is 2.32. The van der Waals surface area contributed by atoms with Crippen LogP contribution in [0.15, 0.2) is 36.4 Å². The average molecular weight is 245 g/mol. The fraction of sp³-hybridized carbons (Fsp3) is 0.333. The van der Waals surface area contributed by atoms with Gasteiger partial charge in [-0.25, -0.2) is 0 Å². The first-order valence-electron chi connectivity index (χ1n) is 6.21. The first-order valence-corrected chi connectivity index (χ1v) is 6.21. The van der Waals surface area contributed by atoms with E-state index in [2.05, 4.69) is 12.1 Å². The Balaban J connectivity index is 2.45. The third kappa shape index (κ3) is 2.63. The van der Waals surface area contributed by atoms with Gasteiger partial charge in [0.05, 0.1) is 0 Å². The number of nitrogens with two attached hydrogens (primary N) is 1. The van der Waals surface area contributed by atoms with Gasteiger partial charge in [-0.1, -0.05) is 36.4 Å². The van der Waals surface area contributed by atoms with Gasteiger partial charge in [-0.3, -0.25) is 0 Å². The molecular formula is C15H19NO2. The molecule has 96 valence electrons. The molecule has 0 saturated carbocycles. The SMILES string of the molecule is CCOCOc1c([C@H](C)N)ccc2ccccc12. The van der Waals surface area contributed by atoms with E-state index in [4.69, 9.17) is 15.2 Å². The predicted molar refractivity (Wildman–Crippen MR) is 73.7 cm³/mol. The second-order valence-electron chi connectivity index (χ2n) is 4.25. The molecule has 2 aromatic rings. The van der Waals surface area contributed by atoms with Gasteiger partial charge in [-0.05, 0) is 19.2 Å². The molecule has 2 rings (SSSR count). The summed E-state index contributed by atoms with van der Waals surface area (Å²) in [6.45, 7) is 4.79. The number of hydrogen-bond acceptors (Lipinski definition) is 3. The fourth-order valence-corrected chi connectivity index (χ4v) is 1.96. The van der Waals surface area contributed by atoms with Crippen LogP contribution in [-0.4, -0.2) is 13.4 Å². The third-order valence-electron chi connectivity index (χ3n) is 2.89. The highest BCUT2D eigenvalue weighted by Gasteiger charge is 2.11. The quantitative estimate of drug-likeness (QED) is 0.649. The van der Waals surface area contributed by atoms with Crippen LogP contribution in [0.1, 0.15) is 25.5 Å². The Morgan fingerprint density at radius 1 is 1.17 bits per heavy atom. The van der Waals surface area contributed by atoms with Crippen LogP contribution in [0.25, 0.3) is 10.8 Å². The lowest BCUT2D eigenvalue weighted by Crippen LogP contribution is -2.10. The minimum atomic E-state index is -0.0637. The van der Waals surface area contributed by atoms with Gasteiger partial charge < -0.3 is 15.2 Å². The van der Waals surface area contributed by atoms with Gasteiger partial charge in [0.15, 0.2) is 6.79 Å². The Morgan fingerprint density at radius 2 is 1.94 bits per heavy atom. The summed E-state index contributed by atoms with van der Waals surface area (Å²) in [4.78, 5) is 0. The summed E-state index contributed by atoms with van der Waals surface area (Å²) in [5.41, 5.74) is 7.00. The van der Waals surface area contributed by atoms with Crippen molar-refractivity contribution in [2.45, 2.75) is 19.9 Å². The van der Waals surface area contributed by atoms with Crippen molar-refractivity contribution in [3.63, 3.8) is 0 Å². The van der Waals surface area contributed by atoms with E-state index < -0.39 is 0 Å². The van der Waals surface area contributed by atoms with E-state index in [1.807, 2.05) is 38.1 Å². The lowest BCUT2D eigenvalue weighted by molar-refractivity contribution is 0.0226. The summed E-state index contributed by atoms with van der Waals surface area (Å²) in [6.07, 6.45) is 0. The van der Waals surface area contributed by atoms with Crippen molar-refractivity contribution in [1.29, 1.82) is 0 Å². The first kappa shape index (κ1) is 12.9. The number of benzene rings is 2. The van der Waals surface area contributed by atoms with Crippen LogP contribution in [0, 0.1) is 0 Å². The molecule has 3 heteroatoms. The van der Waals surface area contributed by atoms with Gasteiger partial charge in [-0.15, -0.1) is 0 Å². The molecule has 0 heterocycles. The Kier molecular flexibility index (Phi) is 4.18. The second-order valence-corrected chi connectivity index (χ2v) is 4.25. The molecule has 0 aliphatic rings. The van der Waals surface area contributed by atoms with E-state index in [0.29, 0.717) is 6.61 Å². The first-order chi connectivity index (χ1) is 8.74. The van der Waals surface area contributed by atoms with Crippen molar-refractivity contribution in [3.8, 4) is 5.75 Å². The molecular weight excluding hydrogens is 226 g/mol. The Bertz CT molecular complexity index is 523. The van der Waals surface area contributed by atoms with Crippen molar-refractivity contribution in [1.82, 2.24) is 0 Å². The minimum Gasteiger partial charge on any atom is -0.467 e. The highest BCUT2D eigenvalue weighted by molar-refractivity contribution is 5.89. The molecule has 18 heavy (non-hydrogen) atoms. The molecule has 0 aliphatic heterocycles. The maximum absolute atomic E-state index is 5.99. The summed E-state index contributed by atoms with van der Waals surface area (Å²) in [5.74, 6) is 0.830. The van der Waals surface area contributed by atoms with Crippen LogP contribution in [0.3, 0.4) is 0 Å². The molecule has 0 fully saturated rings. The standard InChI is InChI=1S/C15H19NO2/c1-3-17-10-18-15-13(11(2)16)9-8-12-6-4-5-7-14(12)15/h4-9,11H,3,10,16H2,1-2H3/t11-/m0/s1. The lowest BCUT2D eigenvalue weighted by atomic mass is 10.0. The zero-order valence-electron chi connectivity index (χ0n) is 10.8. The summed E-state index contributed by atoms with van der Waals surface area (Å²) in [7, 11) is 0. The average Bonchev–Trinajstić information content (AvgIpc) is 2.38. The summed E-state index contributed by atoms with van der Waals surface area (Å²) < 4.78 is 11.0. The predicted octanol–water partition coefficient (Wildman–Crippen LogP) is 3.23. The normalized spacial score (nSPS) is 12.6. The molecule has 0 unspecified atom stereocenters. The highest BCUT2D eigenvalue weighted by atomic mass is 16.7. The fourth-order valence-electron chi connectivity index (χ4n) is 1.96. The van der Waals surface area contributed by atoms with E-state index in [-0.39, 0.29) is 12.8 Å². The van der Waals surface area contributed by atoms with E-state index in [1.54, 1.807) is 0 Å². The van der Waals surface area contributed by atoms with Crippen molar-refractivity contribution < 1.29 is 9.47 Å². The van der Waals surface area contributed by atoms with Crippen LogP contribution < -0.4 is 10.5 Å². The number of fused-ring (bicyclic) bond motifs is 1. The topological polar surface area (TPSA) is 44.5 Å². The zero-order valence-corrected chi connectivity index (χ0v) is 10.8. The van der Waals surface area contributed by atoms with Crippen LogP contribution in [0.5, 0.6) is 5.75 Å². The molecule has 0 bridgehead atoms. The maximum Gasteiger partial charge on any atom is 0.189 e. The molecule has 3 nitrogen and oxygen atoms in total. The summed E-state index contributed by atoms with van der Waals surface area (Å²) in [6, 6.07) is 12.2. The van der Waals surface area contributed by atoms with Crippen LogP contribution >= 0.6 is 0 Å². The Morgan fingerprint density at radius 3 is 2.67 bits per heavy atom. The molecule has 0 saturated heterocycles. The van der Waals surface area contributed by atoms with Crippen LogP contribution in [0.2, 0.25) is 0 Å². The third-order valence-corrected chi connectivity index (χ3v) is 2.89.